The lowest BCUT2D eigenvalue weighted by Crippen LogP contribution is -2.28. The van der Waals surface area contributed by atoms with Gasteiger partial charge < -0.3 is 14.2 Å². The second-order valence-electron chi connectivity index (χ2n) is 16.9. The Morgan fingerprint density at radius 2 is 0.660 bits per heavy atom. The van der Waals surface area contributed by atoms with Gasteiger partial charge in [0.05, 0.1) is 0 Å². The quantitative estimate of drug-likeness (QED) is 0.0383. The lowest BCUT2D eigenvalue weighted by molar-refractivity contribution is -0.250. The van der Waals surface area contributed by atoms with E-state index in [1.165, 1.54) is 64.2 Å². The molecule has 0 aliphatic rings. The standard InChI is InChI=1S/C42H84I2O3/c1-13-21-45-41(19-15-17-31(3)23-33(5)25-35(7)27-37(9)29-39(11)43)47-42(46-22-14-2)20-16-18-32(4)24-34(6)26-36(8)28-38(10)30-40(12)44/h31-42H,13-30H2,1-12H3. The first kappa shape index (κ1) is 48.3. The van der Waals surface area contributed by atoms with Gasteiger partial charge in [0.15, 0.2) is 12.6 Å². The highest BCUT2D eigenvalue weighted by molar-refractivity contribution is 14.1. The second kappa shape index (κ2) is 29.9. The van der Waals surface area contributed by atoms with Gasteiger partial charge in [0, 0.05) is 21.1 Å². The van der Waals surface area contributed by atoms with Crippen LogP contribution in [0.3, 0.4) is 0 Å². The fourth-order valence-corrected chi connectivity index (χ4v) is 10.1. The van der Waals surface area contributed by atoms with Crippen LogP contribution in [0.1, 0.15) is 186 Å². The van der Waals surface area contributed by atoms with Gasteiger partial charge in [0.2, 0.25) is 0 Å². The van der Waals surface area contributed by atoms with E-state index in [-0.39, 0.29) is 12.6 Å². The molecule has 0 spiro atoms. The van der Waals surface area contributed by atoms with Gasteiger partial charge in [-0.3, -0.25) is 0 Å². The van der Waals surface area contributed by atoms with Crippen molar-refractivity contribution in [3.05, 3.63) is 0 Å². The van der Waals surface area contributed by atoms with Crippen LogP contribution in [0.15, 0.2) is 0 Å². The van der Waals surface area contributed by atoms with E-state index in [9.17, 15) is 0 Å². The molecule has 0 aliphatic heterocycles. The highest BCUT2D eigenvalue weighted by Gasteiger charge is 2.21. The Morgan fingerprint density at radius 3 is 0.936 bits per heavy atom. The third-order valence-corrected chi connectivity index (χ3v) is 10.9. The summed E-state index contributed by atoms with van der Waals surface area (Å²) in [5.41, 5.74) is 0. The van der Waals surface area contributed by atoms with Crippen molar-refractivity contribution in [3.63, 3.8) is 0 Å². The van der Waals surface area contributed by atoms with Gasteiger partial charge in [-0.15, -0.1) is 0 Å². The largest absolute Gasteiger partial charge is 0.353 e. The third kappa shape index (κ3) is 29.6. The van der Waals surface area contributed by atoms with E-state index >= 15 is 0 Å². The Balaban J connectivity index is 4.69. The molecule has 12 unspecified atom stereocenters. The van der Waals surface area contributed by atoms with E-state index in [0.717, 1.165) is 107 Å². The third-order valence-electron chi connectivity index (χ3n) is 9.88. The zero-order valence-corrected chi connectivity index (χ0v) is 38.0. The molecule has 0 aromatic rings. The van der Waals surface area contributed by atoms with E-state index in [1.807, 2.05) is 0 Å². The molecule has 0 saturated carbocycles. The summed E-state index contributed by atoms with van der Waals surface area (Å²) >= 11 is 5.15. The van der Waals surface area contributed by atoms with Gasteiger partial charge in [-0.1, -0.05) is 141 Å². The average Bonchev–Trinajstić information content (AvgIpc) is 2.92. The Labute approximate surface area is 324 Å². The number of hydrogen-bond acceptors (Lipinski definition) is 3. The van der Waals surface area contributed by atoms with Crippen molar-refractivity contribution in [3.8, 4) is 0 Å². The molecule has 284 valence electrons. The van der Waals surface area contributed by atoms with Crippen LogP contribution in [0, 0.1) is 47.3 Å². The first-order chi connectivity index (χ1) is 22.1. The van der Waals surface area contributed by atoms with Crippen molar-refractivity contribution in [2.75, 3.05) is 13.2 Å². The van der Waals surface area contributed by atoms with E-state index < -0.39 is 0 Å². The zero-order chi connectivity index (χ0) is 35.8. The molecule has 12 atom stereocenters. The van der Waals surface area contributed by atoms with Gasteiger partial charge in [-0.2, -0.15) is 0 Å². The molecule has 5 heteroatoms. The Hall–Kier alpha value is 1.34. The van der Waals surface area contributed by atoms with Crippen LogP contribution in [0.5, 0.6) is 0 Å². The number of halogens is 2. The van der Waals surface area contributed by atoms with Crippen molar-refractivity contribution < 1.29 is 14.2 Å². The molecular weight excluding hydrogens is 806 g/mol. The molecular formula is C42H84I2O3. The normalized spacial score (nSPS) is 20.0. The Morgan fingerprint density at radius 1 is 0.383 bits per heavy atom. The molecule has 0 aliphatic carbocycles. The molecule has 0 aromatic carbocycles. The van der Waals surface area contributed by atoms with Crippen LogP contribution in [0.2, 0.25) is 0 Å². The van der Waals surface area contributed by atoms with Gasteiger partial charge in [0.1, 0.15) is 0 Å². The summed E-state index contributed by atoms with van der Waals surface area (Å²) in [6, 6.07) is 0. The van der Waals surface area contributed by atoms with Crippen LogP contribution < -0.4 is 0 Å². The summed E-state index contributed by atoms with van der Waals surface area (Å²) < 4.78 is 20.6. The summed E-state index contributed by atoms with van der Waals surface area (Å²) in [5, 5.41) is 0. The van der Waals surface area contributed by atoms with Crippen molar-refractivity contribution >= 4 is 45.2 Å². The maximum absolute atomic E-state index is 6.57. The van der Waals surface area contributed by atoms with Gasteiger partial charge in [-0.05, 0) is 137 Å². The number of hydrogen-bond donors (Lipinski definition) is 0. The molecule has 0 N–H and O–H groups in total. The molecule has 0 saturated heterocycles. The number of rotatable bonds is 32. The SMILES string of the molecule is CCCOC(CCCC(C)CC(C)CC(C)CC(C)CC(C)I)OC(CCCC(C)CC(C)CC(C)CC(C)CC(C)I)OCCC. The van der Waals surface area contributed by atoms with Crippen LogP contribution in [0.4, 0.5) is 0 Å². The van der Waals surface area contributed by atoms with Gasteiger partial charge in [-0.25, -0.2) is 0 Å². The van der Waals surface area contributed by atoms with Crippen LogP contribution in [0.25, 0.3) is 0 Å². The van der Waals surface area contributed by atoms with E-state index in [4.69, 9.17) is 14.2 Å². The second-order valence-corrected chi connectivity index (χ2v) is 21.1. The summed E-state index contributed by atoms with van der Waals surface area (Å²) in [4.78, 5) is 0. The Kier molecular flexibility index (Phi) is 30.7. The van der Waals surface area contributed by atoms with Crippen LogP contribution in [-0.2, 0) is 14.2 Å². The summed E-state index contributed by atoms with van der Waals surface area (Å²) in [7, 11) is 0. The fraction of sp³-hybridized carbons (Fsp3) is 1.00. The summed E-state index contributed by atoms with van der Waals surface area (Å²) in [6.45, 7) is 30.2. The highest BCUT2D eigenvalue weighted by atomic mass is 127. The summed E-state index contributed by atoms with van der Waals surface area (Å²) in [5.74, 6) is 6.42. The van der Waals surface area contributed by atoms with Crippen LogP contribution >= 0.6 is 45.2 Å². The number of ether oxygens (including phenoxy) is 3. The molecule has 0 heterocycles. The van der Waals surface area contributed by atoms with E-state index in [2.05, 4.69) is 128 Å². The molecule has 47 heavy (non-hydrogen) atoms. The molecule has 0 amide bonds. The van der Waals surface area contributed by atoms with Gasteiger partial charge in [0.25, 0.3) is 0 Å². The topological polar surface area (TPSA) is 27.7 Å². The highest BCUT2D eigenvalue weighted by Crippen LogP contribution is 2.30. The molecule has 3 nitrogen and oxygen atoms in total. The maximum Gasteiger partial charge on any atom is 0.160 e. The minimum atomic E-state index is -0.153. The molecule has 0 bridgehead atoms. The van der Waals surface area contributed by atoms with E-state index in [0.29, 0.717) is 0 Å². The lowest BCUT2D eigenvalue weighted by Gasteiger charge is -2.27. The summed E-state index contributed by atoms with van der Waals surface area (Å²) in [6.07, 6.45) is 19.3. The smallest absolute Gasteiger partial charge is 0.160 e. The molecule has 0 aromatic heterocycles. The molecule has 0 rings (SSSR count). The molecule has 0 fully saturated rings. The van der Waals surface area contributed by atoms with Crippen molar-refractivity contribution in [1.82, 2.24) is 0 Å². The first-order valence-electron chi connectivity index (χ1n) is 20.3. The van der Waals surface area contributed by atoms with Crippen molar-refractivity contribution in [2.24, 2.45) is 47.3 Å². The van der Waals surface area contributed by atoms with Crippen molar-refractivity contribution in [1.29, 1.82) is 0 Å². The van der Waals surface area contributed by atoms with Crippen LogP contribution in [-0.4, -0.2) is 33.6 Å². The molecule has 0 radical (unpaired) electrons. The predicted octanol–water partition coefficient (Wildman–Crippen LogP) is 14.7. The minimum Gasteiger partial charge on any atom is -0.353 e. The number of alkyl halides is 2. The average molecular weight is 891 g/mol. The first-order valence-corrected chi connectivity index (χ1v) is 22.8. The predicted molar refractivity (Wildman–Crippen MR) is 226 cm³/mol. The van der Waals surface area contributed by atoms with Crippen molar-refractivity contribution in [2.45, 2.75) is 206 Å². The Bertz CT molecular complexity index is 633. The monoisotopic (exact) mass is 890 g/mol. The lowest BCUT2D eigenvalue weighted by atomic mass is 9.83. The minimum absolute atomic E-state index is 0.153. The fourth-order valence-electron chi connectivity index (χ4n) is 8.36. The zero-order valence-electron chi connectivity index (χ0n) is 33.6. The van der Waals surface area contributed by atoms with E-state index in [1.54, 1.807) is 0 Å². The maximum atomic E-state index is 6.57. The van der Waals surface area contributed by atoms with Gasteiger partial charge >= 0.3 is 0 Å².